The molecule has 1 fully saturated rings. The van der Waals surface area contributed by atoms with Gasteiger partial charge in [0.25, 0.3) is 5.56 Å². The number of hydrogen-bond donors (Lipinski definition) is 1. The molecule has 212 valence electrons. The number of nitrogens with zero attached hydrogens (tertiary/aromatic N) is 7. The lowest BCUT2D eigenvalue weighted by Crippen LogP contribution is -2.48. The van der Waals surface area contributed by atoms with Crippen molar-refractivity contribution in [1.82, 2.24) is 38.9 Å². The number of fused-ring (bicyclic) bond motifs is 1. The van der Waals surface area contributed by atoms with E-state index in [1.54, 1.807) is 23.9 Å². The van der Waals surface area contributed by atoms with Crippen molar-refractivity contribution >= 4 is 21.1 Å². The van der Waals surface area contributed by atoms with Gasteiger partial charge in [-0.25, -0.2) is 18.4 Å². The minimum Gasteiger partial charge on any atom is -0.481 e. The average molecular weight is 567 g/mol. The Hall–Kier alpha value is -3.68. The largest absolute Gasteiger partial charge is 0.481 e. The summed E-state index contributed by atoms with van der Waals surface area (Å²) in [6.45, 7) is 9.40. The molecule has 4 aromatic rings. The molecule has 0 aliphatic carbocycles. The number of nitrogens with one attached hydrogen (secondary N) is 1. The summed E-state index contributed by atoms with van der Waals surface area (Å²) in [5, 5.41) is 4.55. The fourth-order valence-electron chi connectivity index (χ4n) is 5.02. The molecule has 12 nitrogen and oxygen atoms in total. The second kappa shape index (κ2) is 11.4. The highest BCUT2D eigenvalue weighted by atomic mass is 32.2. The van der Waals surface area contributed by atoms with Crippen molar-refractivity contribution in [2.75, 3.05) is 39.8 Å². The molecule has 1 N–H and O–H groups in total. The molecule has 13 heteroatoms. The minimum atomic E-state index is -3.76. The Bertz CT molecular complexity index is 1690. The van der Waals surface area contributed by atoms with Crippen molar-refractivity contribution in [3.63, 3.8) is 0 Å². The number of pyridine rings is 2. The van der Waals surface area contributed by atoms with Gasteiger partial charge in [0.05, 0.1) is 30.7 Å². The Morgan fingerprint density at radius 3 is 2.48 bits per heavy atom. The van der Waals surface area contributed by atoms with Gasteiger partial charge in [0.15, 0.2) is 5.52 Å². The monoisotopic (exact) mass is 566 g/mol. The van der Waals surface area contributed by atoms with Crippen molar-refractivity contribution in [2.24, 2.45) is 0 Å². The number of aromatic amines is 1. The van der Waals surface area contributed by atoms with Crippen molar-refractivity contribution in [1.29, 1.82) is 0 Å². The third kappa shape index (κ3) is 5.23. The summed E-state index contributed by atoms with van der Waals surface area (Å²) in [6, 6.07) is 7.06. The number of aryl methyl sites for hydroxylation is 2. The van der Waals surface area contributed by atoms with Crippen LogP contribution in [0.1, 0.15) is 37.9 Å². The van der Waals surface area contributed by atoms with E-state index < -0.39 is 15.6 Å². The summed E-state index contributed by atoms with van der Waals surface area (Å²) in [5.41, 5.74) is 2.91. The molecule has 5 rings (SSSR count). The highest BCUT2D eigenvalue weighted by Gasteiger charge is 2.29. The lowest BCUT2D eigenvalue weighted by atomic mass is 10.1. The van der Waals surface area contributed by atoms with E-state index in [2.05, 4.69) is 31.9 Å². The van der Waals surface area contributed by atoms with Gasteiger partial charge in [-0.15, -0.1) is 0 Å². The Balaban J connectivity index is 1.56. The molecule has 0 radical (unpaired) electrons. The molecular weight excluding hydrogens is 532 g/mol. The standard InChI is InChI=1S/C27H34N8O4S/c1-5-21-20(15-19(16-28-21)40(37,38)34-13-11-33(7-3)12-14-34)26-30-24-22(6-2)35(32-25(24)27(36)31-26)17-18-9-8-10-23(29-18)39-4/h8-10,15-16H,5-7,11-14,17H2,1-4H3,(H,30,31,36). The van der Waals surface area contributed by atoms with Crippen LogP contribution < -0.4 is 10.3 Å². The van der Waals surface area contributed by atoms with Crippen LogP contribution in [0.2, 0.25) is 0 Å². The zero-order chi connectivity index (χ0) is 28.4. The molecule has 1 aliphatic heterocycles. The number of rotatable bonds is 9. The van der Waals surface area contributed by atoms with Crippen molar-refractivity contribution in [3.05, 3.63) is 57.9 Å². The van der Waals surface area contributed by atoms with Crippen LogP contribution in [0.4, 0.5) is 0 Å². The second-order valence-corrected chi connectivity index (χ2v) is 11.5. The molecule has 0 spiro atoms. The van der Waals surface area contributed by atoms with Crippen LogP contribution >= 0.6 is 0 Å². The first-order chi connectivity index (χ1) is 19.3. The van der Waals surface area contributed by atoms with Gasteiger partial charge in [-0.1, -0.05) is 26.8 Å². The van der Waals surface area contributed by atoms with E-state index in [1.165, 1.54) is 10.5 Å². The minimum absolute atomic E-state index is 0.0860. The molecule has 0 saturated carbocycles. The zero-order valence-electron chi connectivity index (χ0n) is 23.2. The number of hydrogen-bond acceptors (Lipinski definition) is 9. The van der Waals surface area contributed by atoms with Crippen molar-refractivity contribution < 1.29 is 13.2 Å². The summed E-state index contributed by atoms with van der Waals surface area (Å²) in [5.74, 6) is 0.760. The predicted octanol–water partition coefficient (Wildman–Crippen LogP) is 2.08. The van der Waals surface area contributed by atoms with Crippen LogP contribution in [-0.4, -0.2) is 87.2 Å². The van der Waals surface area contributed by atoms with Gasteiger partial charge < -0.3 is 14.6 Å². The molecule has 5 heterocycles. The Morgan fingerprint density at radius 1 is 1.02 bits per heavy atom. The van der Waals surface area contributed by atoms with Crippen LogP contribution in [0.5, 0.6) is 5.88 Å². The lowest BCUT2D eigenvalue weighted by molar-refractivity contribution is 0.196. The van der Waals surface area contributed by atoms with E-state index in [0.717, 1.165) is 17.9 Å². The zero-order valence-corrected chi connectivity index (χ0v) is 24.0. The third-order valence-corrected chi connectivity index (χ3v) is 9.15. The third-order valence-electron chi connectivity index (χ3n) is 7.29. The molecule has 4 aromatic heterocycles. The van der Waals surface area contributed by atoms with Gasteiger partial charge in [0, 0.05) is 44.0 Å². The second-order valence-electron chi connectivity index (χ2n) is 9.60. The lowest BCUT2D eigenvalue weighted by Gasteiger charge is -2.33. The van der Waals surface area contributed by atoms with Crippen LogP contribution in [0.15, 0.2) is 40.2 Å². The van der Waals surface area contributed by atoms with E-state index in [1.807, 2.05) is 26.0 Å². The quantitative estimate of drug-likeness (QED) is 0.323. The summed E-state index contributed by atoms with van der Waals surface area (Å²) >= 11 is 0. The molecule has 0 bridgehead atoms. The number of sulfonamides is 1. The fraction of sp³-hybridized carbons (Fsp3) is 0.444. The van der Waals surface area contributed by atoms with Gasteiger partial charge >= 0.3 is 0 Å². The summed E-state index contributed by atoms with van der Waals surface area (Å²) in [7, 11) is -2.20. The SMILES string of the molecule is CCc1ncc(S(=O)(=O)N2CCN(CC)CC2)cc1-c1nc2c(CC)n(Cc3cccc(OC)n3)nc2c(=O)[nH]1. The van der Waals surface area contributed by atoms with Gasteiger partial charge in [0.2, 0.25) is 15.9 Å². The van der Waals surface area contributed by atoms with E-state index >= 15 is 0 Å². The predicted molar refractivity (Wildman–Crippen MR) is 151 cm³/mol. The van der Waals surface area contributed by atoms with Crippen LogP contribution in [-0.2, 0) is 29.4 Å². The van der Waals surface area contributed by atoms with E-state index in [-0.39, 0.29) is 16.2 Å². The molecule has 0 atom stereocenters. The Labute approximate surface area is 233 Å². The highest BCUT2D eigenvalue weighted by Crippen LogP contribution is 2.27. The molecule has 40 heavy (non-hydrogen) atoms. The first kappa shape index (κ1) is 27.9. The number of ether oxygens (including phenoxy) is 1. The number of H-pyrrole nitrogens is 1. The van der Waals surface area contributed by atoms with E-state index in [9.17, 15) is 13.2 Å². The molecular formula is C27H34N8O4S. The Kier molecular flexibility index (Phi) is 7.97. The number of piperazine rings is 1. The topological polar surface area (TPSA) is 139 Å². The van der Waals surface area contributed by atoms with Crippen LogP contribution in [0.25, 0.3) is 22.4 Å². The van der Waals surface area contributed by atoms with Gasteiger partial charge in [-0.3, -0.25) is 14.5 Å². The molecule has 1 aliphatic rings. The maximum Gasteiger partial charge on any atom is 0.279 e. The smallest absolute Gasteiger partial charge is 0.279 e. The number of likely N-dealkylation sites (N-methyl/N-ethyl adjacent to an activating group) is 1. The maximum atomic E-state index is 13.5. The van der Waals surface area contributed by atoms with Crippen LogP contribution in [0.3, 0.4) is 0 Å². The first-order valence-electron chi connectivity index (χ1n) is 13.5. The van der Waals surface area contributed by atoms with Crippen molar-refractivity contribution in [2.45, 2.75) is 45.1 Å². The Morgan fingerprint density at radius 2 is 1.80 bits per heavy atom. The molecule has 1 saturated heterocycles. The van der Waals surface area contributed by atoms with Gasteiger partial charge in [-0.05, 0) is 31.5 Å². The normalized spacial score (nSPS) is 15.1. The van der Waals surface area contributed by atoms with E-state index in [4.69, 9.17) is 9.72 Å². The molecule has 0 aromatic carbocycles. The van der Waals surface area contributed by atoms with Gasteiger partial charge in [0.1, 0.15) is 16.2 Å². The van der Waals surface area contributed by atoms with Crippen molar-refractivity contribution in [3.8, 4) is 17.3 Å². The van der Waals surface area contributed by atoms with Gasteiger partial charge in [-0.2, -0.15) is 9.40 Å². The molecule has 0 amide bonds. The maximum absolute atomic E-state index is 13.5. The molecule has 0 unspecified atom stereocenters. The number of aromatic nitrogens is 6. The van der Waals surface area contributed by atoms with Crippen LogP contribution in [0, 0.1) is 0 Å². The number of methoxy groups -OCH3 is 1. The fourth-order valence-corrected chi connectivity index (χ4v) is 6.42. The summed E-state index contributed by atoms with van der Waals surface area (Å²) < 4.78 is 35.5. The summed E-state index contributed by atoms with van der Waals surface area (Å²) in [6.07, 6.45) is 2.51. The summed E-state index contributed by atoms with van der Waals surface area (Å²) in [4.78, 5) is 32.1. The average Bonchev–Trinajstić information content (AvgIpc) is 3.34. The first-order valence-corrected chi connectivity index (χ1v) is 14.9. The van der Waals surface area contributed by atoms with E-state index in [0.29, 0.717) is 68.2 Å². The highest BCUT2D eigenvalue weighted by molar-refractivity contribution is 7.89.